The smallest absolute Gasteiger partial charge is 0.0582 e. The summed E-state index contributed by atoms with van der Waals surface area (Å²) in [4.78, 5) is 0. The third-order valence-electron chi connectivity index (χ3n) is 2.19. The van der Waals surface area contributed by atoms with E-state index in [-0.39, 0.29) is 12.6 Å². The van der Waals surface area contributed by atoms with Gasteiger partial charge in [-0.1, -0.05) is 0 Å². The largest absolute Gasteiger partial charge is 0.395 e. The second-order valence-corrected chi connectivity index (χ2v) is 3.71. The van der Waals surface area contributed by atoms with Gasteiger partial charge in [0.2, 0.25) is 0 Å². The Hall–Kier alpha value is -0.870. The van der Waals surface area contributed by atoms with Crippen LogP contribution < -0.4 is 5.32 Å². The summed E-state index contributed by atoms with van der Waals surface area (Å²) in [7, 11) is 0. The van der Waals surface area contributed by atoms with E-state index in [1.54, 1.807) is 6.20 Å². The number of hydrogen-bond acceptors (Lipinski definition) is 3. The number of aliphatic hydroxyl groups excluding tert-OH is 1. The third kappa shape index (κ3) is 3.89. The van der Waals surface area contributed by atoms with Crippen molar-refractivity contribution in [2.24, 2.45) is 0 Å². The van der Waals surface area contributed by atoms with E-state index in [9.17, 15) is 0 Å². The van der Waals surface area contributed by atoms with Gasteiger partial charge in [-0.15, -0.1) is 0 Å². The molecule has 0 aliphatic heterocycles. The highest BCUT2D eigenvalue weighted by Crippen LogP contribution is 1.96. The van der Waals surface area contributed by atoms with Crippen LogP contribution in [0.1, 0.15) is 20.3 Å². The molecule has 0 fully saturated rings. The number of aliphatic hydroxyl groups is 1. The van der Waals surface area contributed by atoms with Crippen molar-refractivity contribution >= 4 is 0 Å². The zero-order chi connectivity index (χ0) is 10.4. The van der Waals surface area contributed by atoms with E-state index in [4.69, 9.17) is 5.11 Å². The van der Waals surface area contributed by atoms with E-state index in [1.807, 2.05) is 23.9 Å². The van der Waals surface area contributed by atoms with Crippen LogP contribution in [0.2, 0.25) is 0 Å². The summed E-state index contributed by atoms with van der Waals surface area (Å²) in [5, 5.41) is 16.3. The average molecular weight is 197 g/mol. The molecule has 14 heavy (non-hydrogen) atoms. The van der Waals surface area contributed by atoms with Crippen molar-refractivity contribution in [3.05, 3.63) is 18.5 Å². The molecule has 0 saturated heterocycles. The number of nitrogens with zero attached hydrogens (tertiary/aromatic N) is 2. The molecular weight excluding hydrogens is 178 g/mol. The summed E-state index contributed by atoms with van der Waals surface area (Å²) < 4.78 is 1.92. The number of aryl methyl sites for hydroxylation is 1. The van der Waals surface area contributed by atoms with E-state index in [2.05, 4.69) is 17.3 Å². The fourth-order valence-electron chi connectivity index (χ4n) is 1.38. The fourth-order valence-corrected chi connectivity index (χ4v) is 1.38. The lowest BCUT2D eigenvalue weighted by molar-refractivity contribution is 0.239. The van der Waals surface area contributed by atoms with Crippen molar-refractivity contribution in [2.45, 2.75) is 38.9 Å². The van der Waals surface area contributed by atoms with Crippen molar-refractivity contribution in [1.82, 2.24) is 15.1 Å². The van der Waals surface area contributed by atoms with Crippen LogP contribution in [0.5, 0.6) is 0 Å². The maximum Gasteiger partial charge on any atom is 0.0582 e. The molecule has 0 saturated carbocycles. The van der Waals surface area contributed by atoms with Crippen LogP contribution in [0.3, 0.4) is 0 Å². The van der Waals surface area contributed by atoms with Crippen molar-refractivity contribution in [1.29, 1.82) is 0 Å². The molecule has 4 heteroatoms. The van der Waals surface area contributed by atoms with Gasteiger partial charge in [0, 0.05) is 31.0 Å². The zero-order valence-corrected chi connectivity index (χ0v) is 8.85. The molecule has 1 aromatic heterocycles. The molecule has 2 N–H and O–H groups in total. The Morgan fingerprint density at radius 2 is 2.21 bits per heavy atom. The lowest BCUT2D eigenvalue weighted by atomic mass is 10.2. The Balaban J connectivity index is 2.18. The Kier molecular flexibility index (Phi) is 4.62. The lowest BCUT2D eigenvalue weighted by Gasteiger charge is -2.17. The number of aromatic nitrogens is 2. The molecular formula is C10H19N3O. The summed E-state index contributed by atoms with van der Waals surface area (Å²) in [5.74, 6) is 0. The molecule has 0 spiro atoms. The Morgan fingerprint density at radius 3 is 2.79 bits per heavy atom. The van der Waals surface area contributed by atoms with E-state index < -0.39 is 0 Å². The van der Waals surface area contributed by atoms with E-state index in [0.29, 0.717) is 6.04 Å². The quantitative estimate of drug-likeness (QED) is 0.703. The van der Waals surface area contributed by atoms with Gasteiger partial charge in [-0.2, -0.15) is 5.10 Å². The van der Waals surface area contributed by atoms with Crippen molar-refractivity contribution < 1.29 is 5.11 Å². The van der Waals surface area contributed by atoms with Gasteiger partial charge in [0.05, 0.1) is 6.61 Å². The van der Waals surface area contributed by atoms with Gasteiger partial charge in [0.1, 0.15) is 0 Å². The summed E-state index contributed by atoms with van der Waals surface area (Å²) in [6, 6.07) is 2.50. The van der Waals surface area contributed by atoms with Crippen LogP contribution in [0.25, 0.3) is 0 Å². The maximum absolute atomic E-state index is 8.86. The van der Waals surface area contributed by atoms with Gasteiger partial charge in [0.25, 0.3) is 0 Å². The number of rotatable bonds is 6. The molecule has 1 aromatic rings. The Morgan fingerprint density at radius 1 is 1.43 bits per heavy atom. The SMILES string of the molecule is CC(CO)NC(C)CCn1cccn1. The van der Waals surface area contributed by atoms with Crippen LogP contribution in [0.4, 0.5) is 0 Å². The van der Waals surface area contributed by atoms with Gasteiger partial charge >= 0.3 is 0 Å². The molecule has 2 atom stereocenters. The molecule has 0 aliphatic carbocycles. The van der Waals surface area contributed by atoms with Crippen molar-refractivity contribution in [3.8, 4) is 0 Å². The molecule has 1 heterocycles. The van der Waals surface area contributed by atoms with Crippen LogP contribution in [0.15, 0.2) is 18.5 Å². The molecule has 0 bridgehead atoms. The molecule has 0 aromatic carbocycles. The molecule has 4 nitrogen and oxygen atoms in total. The molecule has 0 aliphatic rings. The fraction of sp³-hybridized carbons (Fsp3) is 0.700. The second kappa shape index (κ2) is 5.78. The highest BCUT2D eigenvalue weighted by Gasteiger charge is 2.05. The number of nitrogens with one attached hydrogen (secondary N) is 1. The first-order valence-electron chi connectivity index (χ1n) is 5.06. The molecule has 80 valence electrons. The van der Waals surface area contributed by atoms with Gasteiger partial charge in [-0.3, -0.25) is 4.68 Å². The minimum atomic E-state index is 0.169. The predicted molar refractivity (Wildman–Crippen MR) is 56.0 cm³/mol. The predicted octanol–water partition coefficient (Wildman–Crippen LogP) is 0.632. The molecule has 1 rings (SSSR count). The first kappa shape index (κ1) is 11.2. The first-order valence-corrected chi connectivity index (χ1v) is 5.06. The van der Waals surface area contributed by atoms with E-state index in [0.717, 1.165) is 13.0 Å². The van der Waals surface area contributed by atoms with Crippen LogP contribution in [-0.4, -0.2) is 33.6 Å². The maximum atomic E-state index is 8.86. The summed E-state index contributed by atoms with van der Waals surface area (Å²) in [6.07, 6.45) is 4.77. The normalized spacial score (nSPS) is 15.4. The number of hydrogen-bond donors (Lipinski definition) is 2. The Labute approximate surface area is 84.9 Å². The first-order chi connectivity index (χ1) is 6.72. The molecule has 0 amide bonds. The van der Waals surface area contributed by atoms with Gasteiger partial charge in [-0.25, -0.2) is 0 Å². The minimum Gasteiger partial charge on any atom is -0.395 e. The van der Waals surface area contributed by atoms with Crippen molar-refractivity contribution in [2.75, 3.05) is 6.61 Å². The topological polar surface area (TPSA) is 50.1 Å². The highest BCUT2D eigenvalue weighted by molar-refractivity contribution is 4.78. The molecule has 2 unspecified atom stereocenters. The van der Waals surface area contributed by atoms with E-state index in [1.165, 1.54) is 0 Å². The average Bonchev–Trinajstić information content (AvgIpc) is 2.67. The van der Waals surface area contributed by atoms with Crippen LogP contribution >= 0.6 is 0 Å². The van der Waals surface area contributed by atoms with Gasteiger partial charge in [0.15, 0.2) is 0 Å². The minimum absolute atomic E-state index is 0.169. The monoisotopic (exact) mass is 197 g/mol. The highest BCUT2D eigenvalue weighted by atomic mass is 16.3. The summed E-state index contributed by atoms with van der Waals surface area (Å²) >= 11 is 0. The van der Waals surface area contributed by atoms with Gasteiger partial charge in [-0.05, 0) is 26.3 Å². The van der Waals surface area contributed by atoms with Crippen LogP contribution in [0, 0.1) is 0 Å². The zero-order valence-electron chi connectivity index (χ0n) is 8.85. The molecule has 0 radical (unpaired) electrons. The Bertz CT molecular complexity index is 236. The lowest BCUT2D eigenvalue weighted by Crippen LogP contribution is -2.37. The van der Waals surface area contributed by atoms with E-state index >= 15 is 0 Å². The summed E-state index contributed by atoms with van der Waals surface area (Å²) in [6.45, 7) is 5.20. The summed E-state index contributed by atoms with van der Waals surface area (Å²) in [5.41, 5.74) is 0. The third-order valence-corrected chi connectivity index (χ3v) is 2.19. The second-order valence-electron chi connectivity index (χ2n) is 3.71. The standard InChI is InChI=1S/C10H19N3O/c1-9(12-10(2)8-14)4-7-13-6-3-5-11-13/h3,5-6,9-10,12,14H,4,7-8H2,1-2H3. The van der Waals surface area contributed by atoms with Crippen LogP contribution in [-0.2, 0) is 6.54 Å². The van der Waals surface area contributed by atoms with Gasteiger partial charge < -0.3 is 10.4 Å². The van der Waals surface area contributed by atoms with Crippen molar-refractivity contribution in [3.63, 3.8) is 0 Å².